The lowest BCUT2D eigenvalue weighted by atomic mass is 10.1. The first-order valence-corrected chi connectivity index (χ1v) is 5.76. The summed E-state index contributed by atoms with van der Waals surface area (Å²) >= 11 is 0. The van der Waals surface area contributed by atoms with E-state index in [4.69, 9.17) is 0 Å². The molecule has 88 valence electrons. The van der Waals surface area contributed by atoms with Crippen LogP contribution in [0.25, 0.3) is 11.3 Å². The van der Waals surface area contributed by atoms with E-state index in [1.807, 2.05) is 0 Å². The molecule has 2 aromatic rings. The minimum atomic E-state index is -0.522. The van der Waals surface area contributed by atoms with E-state index < -0.39 is 6.23 Å². The van der Waals surface area contributed by atoms with Gasteiger partial charge in [-0.3, -0.25) is 0 Å². The van der Waals surface area contributed by atoms with Crippen molar-refractivity contribution in [3.63, 3.8) is 0 Å². The molecule has 1 aromatic carbocycles. The minimum Gasteiger partial charge on any atom is -0.373 e. The number of fused-ring (bicyclic) bond motifs is 1. The summed E-state index contributed by atoms with van der Waals surface area (Å²) in [5, 5.41) is 9.82. The molecule has 0 bridgehead atoms. The highest BCUT2D eigenvalue weighted by Gasteiger charge is 2.20. The second-order valence-corrected chi connectivity index (χ2v) is 4.30. The van der Waals surface area contributed by atoms with Gasteiger partial charge in [0.05, 0.1) is 5.69 Å². The van der Waals surface area contributed by atoms with Crippen LogP contribution in [0.4, 0.5) is 4.39 Å². The van der Waals surface area contributed by atoms with Crippen LogP contribution in [0.15, 0.2) is 30.5 Å². The van der Waals surface area contributed by atoms with Crippen LogP contribution in [0.1, 0.15) is 24.9 Å². The number of nitrogens with zero attached hydrogens (tertiary/aromatic N) is 2. The molecule has 4 heteroatoms. The second-order valence-electron chi connectivity index (χ2n) is 4.30. The molecular weight excluding hydrogens is 219 g/mol. The van der Waals surface area contributed by atoms with Crippen molar-refractivity contribution in [3.05, 3.63) is 42.1 Å². The van der Waals surface area contributed by atoms with Crippen molar-refractivity contribution in [1.82, 2.24) is 9.55 Å². The first-order valence-electron chi connectivity index (χ1n) is 5.76. The summed E-state index contributed by atoms with van der Waals surface area (Å²) in [6.07, 6.45) is 3.71. The predicted molar refractivity (Wildman–Crippen MR) is 61.8 cm³/mol. The van der Waals surface area contributed by atoms with Gasteiger partial charge in [0.2, 0.25) is 0 Å². The molecule has 0 radical (unpaired) electrons. The summed E-state index contributed by atoms with van der Waals surface area (Å²) in [4.78, 5) is 4.40. The van der Waals surface area contributed by atoms with Gasteiger partial charge in [-0.05, 0) is 25.0 Å². The number of aromatic nitrogens is 2. The summed E-state index contributed by atoms with van der Waals surface area (Å²) in [6.45, 7) is 0. The third-order valence-electron chi connectivity index (χ3n) is 3.14. The molecular formula is C13H13FN2O. The van der Waals surface area contributed by atoms with E-state index in [9.17, 15) is 9.50 Å². The number of hydrogen-bond donors (Lipinski definition) is 1. The lowest BCUT2D eigenvalue weighted by molar-refractivity contribution is 0.0781. The van der Waals surface area contributed by atoms with Crippen LogP contribution in [0, 0.1) is 5.82 Å². The van der Waals surface area contributed by atoms with Gasteiger partial charge in [0.1, 0.15) is 17.9 Å². The second kappa shape index (κ2) is 3.96. The van der Waals surface area contributed by atoms with Gasteiger partial charge in [0.25, 0.3) is 0 Å². The summed E-state index contributed by atoms with van der Waals surface area (Å²) < 4.78 is 15.4. The summed E-state index contributed by atoms with van der Waals surface area (Å²) in [5.74, 6) is 0.555. The maximum atomic E-state index is 13.6. The largest absolute Gasteiger partial charge is 0.373 e. The Morgan fingerprint density at radius 1 is 1.35 bits per heavy atom. The van der Waals surface area contributed by atoms with E-state index in [1.54, 1.807) is 29.0 Å². The average molecular weight is 232 g/mol. The molecule has 1 aromatic heterocycles. The van der Waals surface area contributed by atoms with Gasteiger partial charge in [0.15, 0.2) is 0 Å². The highest BCUT2D eigenvalue weighted by atomic mass is 19.1. The Morgan fingerprint density at radius 2 is 2.18 bits per heavy atom. The molecule has 0 aliphatic carbocycles. The first-order chi connectivity index (χ1) is 8.25. The van der Waals surface area contributed by atoms with Crippen LogP contribution in [0.3, 0.4) is 0 Å². The summed E-state index contributed by atoms with van der Waals surface area (Å²) in [7, 11) is 0. The molecule has 0 fully saturated rings. The van der Waals surface area contributed by atoms with Crippen LogP contribution < -0.4 is 0 Å². The van der Waals surface area contributed by atoms with Crippen LogP contribution in [-0.2, 0) is 6.42 Å². The number of hydrogen-bond acceptors (Lipinski definition) is 2. The Bertz CT molecular complexity index is 550. The highest BCUT2D eigenvalue weighted by molar-refractivity contribution is 5.59. The molecule has 1 atom stereocenters. The summed E-state index contributed by atoms with van der Waals surface area (Å²) in [6, 6.07) is 6.57. The van der Waals surface area contributed by atoms with Crippen molar-refractivity contribution < 1.29 is 9.50 Å². The molecule has 1 N–H and O–H groups in total. The van der Waals surface area contributed by atoms with Gasteiger partial charge >= 0.3 is 0 Å². The number of aliphatic hydroxyl groups excluding tert-OH is 1. The Labute approximate surface area is 98.5 Å². The number of rotatable bonds is 1. The lowest BCUT2D eigenvalue weighted by Crippen LogP contribution is -2.16. The van der Waals surface area contributed by atoms with Gasteiger partial charge < -0.3 is 9.67 Å². The topological polar surface area (TPSA) is 38.1 Å². The van der Waals surface area contributed by atoms with Gasteiger partial charge in [-0.25, -0.2) is 9.37 Å². The van der Waals surface area contributed by atoms with E-state index >= 15 is 0 Å². The minimum absolute atomic E-state index is 0.280. The third kappa shape index (κ3) is 1.74. The average Bonchev–Trinajstić information content (AvgIpc) is 2.75. The highest BCUT2D eigenvalue weighted by Crippen LogP contribution is 2.28. The SMILES string of the molecule is OC1CCCc2nc(-c3ccccc3F)cn21. The molecule has 3 nitrogen and oxygen atoms in total. The smallest absolute Gasteiger partial charge is 0.132 e. The molecule has 0 spiro atoms. The third-order valence-corrected chi connectivity index (χ3v) is 3.14. The van der Waals surface area contributed by atoms with E-state index in [1.165, 1.54) is 6.07 Å². The van der Waals surface area contributed by atoms with Gasteiger partial charge in [0, 0.05) is 18.2 Å². The van der Waals surface area contributed by atoms with Gasteiger partial charge in [-0.1, -0.05) is 12.1 Å². The van der Waals surface area contributed by atoms with E-state index in [2.05, 4.69) is 4.98 Å². The van der Waals surface area contributed by atoms with Crippen LogP contribution in [0.5, 0.6) is 0 Å². The van der Waals surface area contributed by atoms with Crippen molar-refractivity contribution in [2.75, 3.05) is 0 Å². The Kier molecular flexibility index (Phi) is 2.44. The van der Waals surface area contributed by atoms with E-state index in [0.717, 1.165) is 25.1 Å². The van der Waals surface area contributed by atoms with Crippen LogP contribution >= 0.6 is 0 Å². The molecule has 1 unspecified atom stereocenters. The van der Waals surface area contributed by atoms with E-state index in [0.29, 0.717) is 11.3 Å². The van der Waals surface area contributed by atoms with E-state index in [-0.39, 0.29) is 5.82 Å². The standard InChI is InChI=1S/C13H13FN2O/c14-10-5-2-1-4-9(10)11-8-16-12(15-11)6-3-7-13(16)17/h1-2,4-5,8,13,17H,3,6-7H2. The molecule has 1 aliphatic heterocycles. The molecule has 3 rings (SSSR count). The van der Waals surface area contributed by atoms with Crippen molar-refractivity contribution in [2.24, 2.45) is 0 Å². The van der Waals surface area contributed by atoms with Gasteiger partial charge in [-0.2, -0.15) is 0 Å². The molecule has 0 saturated heterocycles. The van der Waals surface area contributed by atoms with Crippen molar-refractivity contribution >= 4 is 0 Å². The Balaban J connectivity index is 2.08. The lowest BCUT2D eigenvalue weighted by Gasteiger charge is -2.19. The van der Waals surface area contributed by atoms with Crippen molar-refractivity contribution in [3.8, 4) is 11.3 Å². The molecule has 1 aliphatic rings. The maximum absolute atomic E-state index is 13.6. The predicted octanol–water partition coefficient (Wildman–Crippen LogP) is 2.52. The quantitative estimate of drug-likeness (QED) is 0.820. The fraction of sp³-hybridized carbons (Fsp3) is 0.308. The monoisotopic (exact) mass is 232 g/mol. The van der Waals surface area contributed by atoms with Gasteiger partial charge in [-0.15, -0.1) is 0 Å². The zero-order valence-electron chi connectivity index (χ0n) is 9.31. The zero-order valence-corrected chi connectivity index (χ0v) is 9.31. The number of imidazole rings is 1. The molecule has 2 heterocycles. The Hall–Kier alpha value is -1.68. The molecule has 17 heavy (non-hydrogen) atoms. The summed E-state index contributed by atoms with van der Waals surface area (Å²) in [5.41, 5.74) is 1.08. The molecule has 0 amide bonds. The first kappa shape index (κ1) is 10.5. The Morgan fingerprint density at radius 3 is 2.94 bits per heavy atom. The normalized spacial score (nSPS) is 19.1. The van der Waals surface area contributed by atoms with Crippen molar-refractivity contribution in [2.45, 2.75) is 25.5 Å². The van der Waals surface area contributed by atoms with Crippen molar-refractivity contribution in [1.29, 1.82) is 0 Å². The maximum Gasteiger partial charge on any atom is 0.132 e. The fourth-order valence-corrected chi connectivity index (χ4v) is 2.26. The zero-order chi connectivity index (χ0) is 11.8. The van der Waals surface area contributed by atoms with Crippen LogP contribution in [0.2, 0.25) is 0 Å². The number of aliphatic hydroxyl groups is 1. The number of aryl methyl sites for hydroxylation is 1. The fourth-order valence-electron chi connectivity index (χ4n) is 2.26. The number of halogens is 1. The number of benzene rings is 1. The molecule has 0 saturated carbocycles. The van der Waals surface area contributed by atoms with Crippen LogP contribution in [-0.4, -0.2) is 14.7 Å².